The molecule has 2 atom stereocenters. The van der Waals surface area contributed by atoms with E-state index in [0.29, 0.717) is 11.4 Å². The number of benzene rings is 2. The Bertz CT molecular complexity index is 1360. The normalized spacial score (nSPS) is 16.6. The van der Waals surface area contributed by atoms with Gasteiger partial charge in [-0.3, -0.25) is 0 Å². The zero-order valence-electron chi connectivity index (χ0n) is 18.9. The highest BCUT2D eigenvalue weighted by Gasteiger charge is 2.37. The van der Waals surface area contributed by atoms with Crippen LogP contribution in [-0.4, -0.2) is 37.2 Å². The van der Waals surface area contributed by atoms with E-state index in [2.05, 4.69) is 25.3 Å². The molecule has 3 heterocycles. The SMILES string of the molecule is CC(Nc1ncnc(N2C(=O)OC[C@@H]2c2ccccc2)n1)c1cn(-c2ccc(C(F)(F)F)cc2)cn1. The number of cyclic esters (lactones) is 1. The van der Waals surface area contributed by atoms with E-state index in [-0.39, 0.29) is 30.6 Å². The number of rotatable bonds is 6. The van der Waals surface area contributed by atoms with Gasteiger partial charge in [0.15, 0.2) is 0 Å². The van der Waals surface area contributed by atoms with Gasteiger partial charge in [-0.1, -0.05) is 30.3 Å². The molecule has 4 aromatic rings. The molecule has 2 aromatic carbocycles. The van der Waals surface area contributed by atoms with Gasteiger partial charge in [-0.15, -0.1) is 0 Å². The van der Waals surface area contributed by atoms with Crippen molar-refractivity contribution in [3.05, 3.63) is 90.3 Å². The standard InChI is InChI=1S/C24H20F3N7O2/c1-15(19-11-33(14-30-19)18-9-7-17(8-10-18)24(25,26)27)31-21-28-13-29-22(32-21)34-20(12-36-23(34)35)16-5-3-2-4-6-16/h2-11,13-15,20H,12H2,1H3,(H,28,29,31,32)/t15?,20-/m1/s1. The van der Waals surface area contributed by atoms with Gasteiger partial charge < -0.3 is 14.6 Å². The number of carbonyl (C=O) groups is 1. The fourth-order valence-corrected chi connectivity index (χ4v) is 3.83. The summed E-state index contributed by atoms with van der Waals surface area (Å²) < 4.78 is 45.3. The quantitative estimate of drug-likeness (QED) is 0.404. The Kier molecular flexibility index (Phi) is 6.00. The van der Waals surface area contributed by atoms with Crippen molar-refractivity contribution in [2.75, 3.05) is 16.8 Å². The van der Waals surface area contributed by atoms with Gasteiger partial charge in [0, 0.05) is 11.9 Å². The number of hydrogen-bond acceptors (Lipinski definition) is 7. The summed E-state index contributed by atoms with van der Waals surface area (Å²) >= 11 is 0. The third-order valence-electron chi connectivity index (χ3n) is 5.72. The van der Waals surface area contributed by atoms with Crippen LogP contribution in [0.15, 0.2) is 73.4 Å². The number of carbonyl (C=O) groups excluding carboxylic acids is 1. The molecular formula is C24H20F3N7O2. The van der Waals surface area contributed by atoms with Crippen molar-refractivity contribution in [2.45, 2.75) is 25.2 Å². The summed E-state index contributed by atoms with van der Waals surface area (Å²) in [5.74, 6) is 0.370. The van der Waals surface area contributed by atoms with Crippen LogP contribution in [0.1, 0.15) is 35.8 Å². The van der Waals surface area contributed by atoms with Crippen molar-refractivity contribution in [3.8, 4) is 5.69 Å². The minimum Gasteiger partial charge on any atom is -0.446 e. The molecule has 0 radical (unpaired) electrons. The molecular weight excluding hydrogens is 475 g/mol. The van der Waals surface area contributed by atoms with Crippen LogP contribution in [0, 0.1) is 0 Å². The van der Waals surface area contributed by atoms with Gasteiger partial charge in [-0.05, 0) is 36.8 Å². The Balaban J connectivity index is 1.32. The largest absolute Gasteiger partial charge is 0.446 e. The van der Waals surface area contributed by atoms with Crippen LogP contribution < -0.4 is 10.2 Å². The lowest BCUT2D eigenvalue weighted by Crippen LogP contribution is -2.29. The van der Waals surface area contributed by atoms with Crippen molar-refractivity contribution in [1.29, 1.82) is 0 Å². The first-order valence-corrected chi connectivity index (χ1v) is 11.0. The first kappa shape index (κ1) is 23.3. The van der Waals surface area contributed by atoms with Gasteiger partial charge in [0.1, 0.15) is 19.0 Å². The summed E-state index contributed by atoms with van der Waals surface area (Å²) in [6.45, 7) is 2.01. The number of halogens is 3. The van der Waals surface area contributed by atoms with Crippen molar-refractivity contribution in [3.63, 3.8) is 0 Å². The Morgan fingerprint density at radius 3 is 2.53 bits per heavy atom. The van der Waals surface area contributed by atoms with Crippen LogP contribution in [-0.2, 0) is 10.9 Å². The summed E-state index contributed by atoms with van der Waals surface area (Å²) in [7, 11) is 0. The van der Waals surface area contributed by atoms with Gasteiger partial charge in [0.2, 0.25) is 11.9 Å². The number of anilines is 2. The van der Waals surface area contributed by atoms with E-state index in [0.717, 1.165) is 17.7 Å². The van der Waals surface area contributed by atoms with Crippen LogP contribution >= 0.6 is 0 Å². The second kappa shape index (κ2) is 9.29. The van der Waals surface area contributed by atoms with Crippen LogP contribution in [0.25, 0.3) is 5.69 Å². The lowest BCUT2D eigenvalue weighted by molar-refractivity contribution is -0.137. The topological polar surface area (TPSA) is 98.1 Å². The van der Waals surface area contributed by atoms with Crippen LogP contribution in [0.3, 0.4) is 0 Å². The molecule has 184 valence electrons. The third kappa shape index (κ3) is 4.69. The lowest BCUT2D eigenvalue weighted by Gasteiger charge is -2.20. The molecule has 1 amide bonds. The van der Waals surface area contributed by atoms with E-state index >= 15 is 0 Å². The highest BCUT2D eigenvalue weighted by atomic mass is 19.4. The monoisotopic (exact) mass is 495 g/mol. The molecule has 0 saturated carbocycles. The Morgan fingerprint density at radius 1 is 1.06 bits per heavy atom. The summed E-state index contributed by atoms with van der Waals surface area (Å²) in [4.78, 5) is 30.9. The van der Waals surface area contributed by atoms with Crippen molar-refractivity contribution in [1.82, 2.24) is 24.5 Å². The Labute approximate surface area is 203 Å². The smallest absolute Gasteiger partial charge is 0.417 e. The molecule has 1 unspecified atom stereocenters. The molecule has 1 fully saturated rings. The highest BCUT2D eigenvalue weighted by molar-refractivity contribution is 5.88. The summed E-state index contributed by atoms with van der Waals surface area (Å²) in [6, 6.07) is 13.5. The number of ether oxygens (including phenoxy) is 1. The predicted octanol–water partition coefficient (Wildman–Crippen LogP) is 4.95. The van der Waals surface area contributed by atoms with Crippen molar-refractivity contribution < 1.29 is 22.7 Å². The number of alkyl halides is 3. The molecule has 9 nitrogen and oxygen atoms in total. The third-order valence-corrected chi connectivity index (χ3v) is 5.72. The van der Waals surface area contributed by atoms with Crippen LogP contribution in [0.5, 0.6) is 0 Å². The lowest BCUT2D eigenvalue weighted by atomic mass is 10.1. The Morgan fingerprint density at radius 2 is 1.81 bits per heavy atom. The van der Waals surface area contributed by atoms with Gasteiger partial charge in [0.05, 0.1) is 23.6 Å². The summed E-state index contributed by atoms with van der Waals surface area (Å²) in [6.07, 6.45) is -0.436. The highest BCUT2D eigenvalue weighted by Crippen LogP contribution is 2.32. The average molecular weight is 495 g/mol. The minimum atomic E-state index is -4.40. The van der Waals surface area contributed by atoms with Crippen LogP contribution in [0.2, 0.25) is 0 Å². The zero-order valence-corrected chi connectivity index (χ0v) is 18.9. The molecule has 1 aliphatic heterocycles. The molecule has 1 N–H and O–H groups in total. The summed E-state index contributed by atoms with van der Waals surface area (Å²) in [5.41, 5.74) is 1.32. The fourth-order valence-electron chi connectivity index (χ4n) is 3.83. The van der Waals surface area contributed by atoms with Crippen molar-refractivity contribution in [2.24, 2.45) is 0 Å². The maximum absolute atomic E-state index is 12.8. The number of hydrogen-bond donors (Lipinski definition) is 1. The van der Waals surface area contributed by atoms with Crippen molar-refractivity contribution >= 4 is 18.0 Å². The number of nitrogens with one attached hydrogen (secondary N) is 1. The van der Waals surface area contributed by atoms with Gasteiger partial charge in [-0.2, -0.15) is 18.2 Å². The molecule has 0 aliphatic carbocycles. The molecule has 5 rings (SSSR count). The first-order chi connectivity index (χ1) is 17.3. The fraction of sp³-hybridized carbons (Fsp3) is 0.208. The Hall–Kier alpha value is -4.48. The number of imidazole rings is 1. The number of nitrogens with zero attached hydrogens (tertiary/aromatic N) is 6. The first-order valence-electron chi connectivity index (χ1n) is 11.0. The molecule has 1 saturated heterocycles. The molecule has 36 heavy (non-hydrogen) atoms. The number of amides is 1. The van der Waals surface area contributed by atoms with E-state index < -0.39 is 17.8 Å². The maximum atomic E-state index is 12.8. The molecule has 2 aromatic heterocycles. The molecule has 1 aliphatic rings. The molecule has 0 spiro atoms. The molecule has 12 heteroatoms. The van der Waals surface area contributed by atoms with Gasteiger partial charge >= 0.3 is 12.3 Å². The summed E-state index contributed by atoms with van der Waals surface area (Å²) in [5, 5.41) is 3.12. The van der Waals surface area contributed by atoms with Gasteiger partial charge in [0.25, 0.3) is 0 Å². The van der Waals surface area contributed by atoms with E-state index in [1.165, 1.54) is 29.7 Å². The predicted molar refractivity (Wildman–Crippen MR) is 123 cm³/mol. The van der Waals surface area contributed by atoms with E-state index in [1.807, 2.05) is 37.3 Å². The van der Waals surface area contributed by atoms with E-state index in [9.17, 15) is 18.0 Å². The van der Waals surface area contributed by atoms with Gasteiger partial charge in [-0.25, -0.2) is 24.6 Å². The second-order valence-electron chi connectivity index (χ2n) is 8.10. The van der Waals surface area contributed by atoms with E-state index in [4.69, 9.17) is 4.74 Å². The zero-order chi connectivity index (χ0) is 25.3. The molecule has 0 bridgehead atoms. The van der Waals surface area contributed by atoms with Crippen LogP contribution in [0.4, 0.5) is 29.9 Å². The maximum Gasteiger partial charge on any atom is 0.417 e. The number of aromatic nitrogens is 5. The second-order valence-corrected chi connectivity index (χ2v) is 8.10. The minimum absolute atomic E-state index is 0.145. The average Bonchev–Trinajstić information content (AvgIpc) is 3.52. The van der Waals surface area contributed by atoms with E-state index in [1.54, 1.807) is 10.8 Å².